The van der Waals surface area contributed by atoms with Crippen LogP contribution in [-0.2, 0) is 14.3 Å². The second kappa shape index (κ2) is 8.89. The van der Waals surface area contributed by atoms with Gasteiger partial charge in [-0.15, -0.1) is 0 Å². The van der Waals surface area contributed by atoms with Crippen LogP contribution < -0.4 is 0 Å². The molecule has 5 heteroatoms. The summed E-state index contributed by atoms with van der Waals surface area (Å²) >= 11 is 3.39. The van der Waals surface area contributed by atoms with Crippen molar-refractivity contribution in [2.24, 2.45) is 0 Å². The van der Waals surface area contributed by atoms with E-state index in [4.69, 9.17) is 9.47 Å². The molecule has 0 aromatic heterocycles. The molecule has 0 aromatic rings. The lowest BCUT2D eigenvalue weighted by Gasteiger charge is -2.28. The second-order valence-electron chi connectivity index (χ2n) is 4.16. The molecular formula is C12H24BrNO3. The first-order valence-electron chi connectivity index (χ1n) is 6.07. The normalized spacial score (nSPS) is 11.6. The Balaban J connectivity index is 4.23. The van der Waals surface area contributed by atoms with E-state index in [1.165, 1.54) is 0 Å². The number of nitrogens with zero attached hydrogens (tertiary/aromatic N) is 1. The van der Waals surface area contributed by atoms with Gasteiger partial charge in [-0.3, -0.25) is 4.79 Å². The topological polar surface area (TPSA) is 38.8 Å². The third-order valence-corrected chi connectivity index (χ3v) is 2.55. The summed E-state index contributed by atoms with van der Waals surface area (Å²) in [5, 5.41) is 0. The van der Waals surface area contributed by atoms with E-state index in [1.807, 2.05) is 27.7 Å². The molecule has 1 amide bonds. The lowest BCUT2D eigenvalue weighted by Crippen LogP contribution is -2.44. The average Bonchev–Trinajstić information content (AvgIpc) is 2.25. The van der Waals surface area contributed by atoms with Crippen LogP contribution in [0.15, 0.2) is 0 Å². The third kappa shape index (κ3) is 7.73. The van der Waals surface area contributed by atoms with Crippen molar-refractivity contribution in [2.45, 2.75) is 32.0 Å². The molecule has 0 spiro atoms. The van der Waals surface area contributed by atoms with Gasteiger partial charge >= 0.3 is 0 Å². The summed E-state index contributed by atoms with van der Waals surface area (Å²) in [5.41, 5.74) is 0. The van der Waals surface area contributed by atoms with Gasteiger partial charge in [0.2, 0.25) is 5.91 Å². The molecule has 0 rings (SSSR count). The van der Waals surface area contributed by atoms with Crippen LogP contribution in [0.2, 0.25) is 0 Å². The largest absolute Gasteiger partial charge is 0.380 e. The highest BCUT2D eigenvalue weighted by molar-refractivity contribution is 9.10. The van der Waals surface area contributed by atoms with E-state index in [0.717, 1.165) is 0 Å². The number of halogens is 1. The molecule has 0 bridgehead atoms. The number of alkyl halides is 1. The SMILES string of the molecule is CCOCCN(CCOCC)C(=O)C(C)(C)Br. The maximum Gasteiger partial charge on any atom is 0.239 e. The zero-order valence-electron chi connectivity index (χ0n) is 11.3. The molecule has 0 heterocycles. The van der Waals surface area contributed by atoms with Crippen molar-refractivity contribution in [3.63, 3.8) is 0 Å². The first kappa shape index (κ1) is 16.9. The molecule has 0 aliphatic carbocycles. The van der Waals surface area contributed by atoms with E-state index in [9.17, 15) is 4.79 Å². The van der Waals surface area contributed by atoms with Crippen molar-refractivity contribution < 1.29 is 14.3 Å². The fraction of sp³-hybridized carbons (Fsp3) is 0.917. The Hall–Kier alpha value is -0.130. The minimum absolute atomic E-state index is 0.0666. The van der Waals surface area contributed by atoms with Crippen LogP contribution >= 0.6 is 15.9 Å². The van der Waals surface area contributed by atoms with Crippen LogP contribution in [0.5, 0.6) is 0 Å². The molecule has 0 aliphatic heterocycles. The van der Waals surface area contributed by atoms with Gasteiger partial charge in [-0.2, -0.15) is 0 Å². The molecule has 0 radical (unpaired) electrons. The Labute approximate surface area is 113 Å². The lowest BCUT2D eigenvalue weighted by molar-refractivity contribution is -0.134. The Bertz CT molecular complexity index is 206. The van der Waals surface area contributed by atoms with E-state index < -0.39 is 4.32 Å². The maximum atomic E-state index is 12.1. The zero-order chi connectivity index (χ0) is 13.3. The van der Waals surface area contributed by atoms with Crippen molar-refractivity contribution in [3.05, 3.63) is 0 Å². The Kier molecular flexibility index (Phi) is 8.82. The Morgan fingerprint density at radius 2 is 1.53 bits per heavy atom. The molecule has 0 atom stereocenters. The van der Waals surface area contributed by atoms with Crippen LogP contribution in [-0.4, -0.2) is 54.6 Å². The van der Waals surface area contributed by atoms with E-state index >= 15 is 0 Å². The van der Waals surface area contributed by atoms with Crippen molar-refractivity contribution in [1.82, 2.24) is 4.90 Å². The van der Waals surface area contributed by atoms with Crippen molar-refractivity contribution in [1.29, 1.82) is 0 Å². The van der Waals surface area contributed by atoms with Crippen molar-refractivity contribution >= 4 is 21.8 Å². The predicted octanol–water partition coefficient (Wildman–Crippen LogP) is 2.06. The highest BCUT2D eigenvalue weighted by Gasteiger charge is 2.28. The summed E-state index contributed by atoms with van der Waals surface area (Å²) < 4.78 is 10.0. The summed E-state index contributed by atoms with van der Waals surface area (Å²) in [6.07, 6.45) is 0. The third-order valence-electron chi connectivity index (χ3n) is 2.22. The Morgan fingerprint density at radius 1 is 1.12 bits per heavy atom. The molecule has 0 aliphatic rings. The van der Waals surface area contributed by atoms with Crippen LogP contribution in [0, 0.1) is 0 Å². The van der Waals surface area contributed by atoms with Crippen molar-refractivity contribution in [3.8, 4) is 0 Å². The van der Waals surface area contributed by atoms with Gasteiger partial charge in [-0.05, 0) is 27.7 Å². The van der Waals surface area contributed by atoms with Gasteiger partial charge in [0.05, 0.1) is 17.5 Å². The van der Waals surface area contributed by atoms with Gasteiger partial charge in [0, 0.05) is 26.3 Å². The van der Waals surface area contributed by atoms with Crippen LogP contribution in [0.1, 0.15) is 27.7 Å². The number of carbonyl (C=O) groups is 1. The molecule has 0 saturated heterocycles. The molecule has 0 unspecified atom stereocenters. The first-order chi connectivity index (χ1) is 7.93. The molecule has 0 aromatic carbocycles. The maximum absolute atomic E-state index is 12.1. The van der Waals surface area contributed by atoms with Crippen LogP contribution in [0.4, 0.5) is 0 Å². The fourth-order valence-corrected chi connectivity index (χ4v) is 1.58. The number of carbonyl (C=O) groups excluding carboxylic acids is 1. The highest BCUT2D eigenvalue weighted by atomic mass is 79.9. The molecular weight excluding hydrogens is 286 g/mol. The summed E-state index contributed by atoms with van der Waals surface area (Å²) in [5.74, 6) is 0.0666. The predicted molar refractivity (Wildman–Crippen MR) is 72.6 cm³/mol. The smallest absolute Gasteiger partial charge is 0.239 e. The molecule has 0 N–H and O–H groups in total. The van der Waals surface area contributed by atoms with Crippen LogP contribution in [0.25, 0.3) is 0 Å². The fourth-order valence-electron chi connectivity index (χ4n) is 1.33. The standard InChI is InChI=1S/C12H24BrNO3/c1-5-16-9-7-14(8-10-17-6-2)11(15)12(3,4)13/h5-10H2,1-4H3. The number of amides is 1. The summed E-state index contributed by atoms with van der Waals surface area (Å²) in [6, 6.07) is 0. The average molecular weight is 310 g/mol. The molecule has 17 heavy (non-hydrogen) atoms. The first-order valence-corrected chi connectivity index (χ1v) is 6.86. The van der Waals surface area contributed by atoms with E-state index in [0.29, 0.717) is 39.5 Å². The number of hydrogen-bond donors (Lipinski definition) is 0. The molecule has 4 nitrogen and oxygen atoms in total. The van der Waals surface area contributed by atoms with Gasteiger partial charge in [0.1, 0.15) is 0 Å². The summed E-state index contributed by atoms with van der Waals surface area (Å²) in [4.78, 5) is 13.9. The molecule has 0 fully saturated rings. The van der Waals surface area contributed by atoms with E-state index in [1.54, 1.807) is 4.90 Å². The minimum atomic E-state index is -0.536. The second-order valence-corrected chi connectivity index (χ2v) is 6.14. The van der Waals surface area contributed by atoms with Gasteiger partial charge < -0.3 is 14.4 Å². The van der Waals surface area contributed by atoms with Gasteiger partial charge in [-0.1, -0.05) is 15.9 Å². The lowest BCUT2D eigenvalue weighted by atomic mass is 10.2. The van der Waals surface area contributed by atoms with Gasteiger partial charge in [0.25, 0.3) is 0 Å². The highest BCUT2D eigenvalue weighted by Crippen LogP contribution is 2.19. The molecule has 0 saturated carbocycles. The monoisotopic (exact) mass is 309 g/mol. The van der Waals surface area contributed by atoms with Crippen molar-refractivity contribution in [2.75, 3.05) is 39.5 Å². The van der Waals surface area contributed by atoms with Gasteiger partial charge in [0.15, 0.2) is 0 Å². The number of ether oxygens (including phenoxy) is 2. The van der Waals surface area contributed by atoms with Crippen LogP contribution in [0.3, 0.4) is 0 Å². The van der Waals surface area contributed by atoms with E-state index in [-0.39, 0.29) is 5.91 Å². The van der Waals surface area contributed by atoms with E-state index in [2.05, 4.69) is 15.9 Å². The Morgan fingerprint density at radius 3 is 1.82 bits per heavy atom. The summed E-state index contributed by atoms with van der Waals surface area (Å²) in [7, 11) is 0. The number of rotatable bonds is 9. The summed E-state index contributed by atoms with van der Waals surface area (Å²) in [6.45, 7) is 11.3. The quantitative estimate of drug-likeness (QED) is 0.483. The minimum Gasteiger partial charge on any atom is -0.380 e. The number of hydrogen-bond acceptors (Lipinski definition) is 3. The molecule has 102 valence electrons. The van der Waals surface area contributed by atoms with Gasteiger partial charge in [-0.25, -0.2) is 0 Å². The zero-order valence-corrected chi connectivity index (χ0v) is 12.9.